The van der Waals surface area contributed by atoms with Gasteiger partial charge in [0, 0.05) is 30.6 Å². The minimum absolute atomic E-state index is 0.0361. The van der Waals surface area contributed by atoms with Crippen LogP contribution in [0.3, 0.4) is 0 Å². The van der Waals surface area contributed by atoms with Gasteiger partial charge in [-0.15, -0.1) is 0 Å². The summed E-state index contributed by atoms with van der Waals surface area (Å²) < 4.78 is 21.1. The van der Waals surface area contributed by atoms with Gasteiger partial charge in [-0.25, -0.2) is 4.39 Å². The van der Waals surface area contributed by atoms with Gasteiger partial charge in [0.2, 0.25) is 0 Å². The number of nitrogens with one attached hydrogen (secondary N) is 1. The molecule has 28 heavy (non-hydrogen) atoms. The van der Waals surface area contributed by atoms with Gasteiger partial charge >= 0.3 is 0 Å². The van der Waals surface area contributed by atoms with E-state index < -0.39 is 0 Å². The number of benzene rings is 2. The zero-order valence-corrected chi connectivity index (χ0v) is 15.2. The SMILES string of the molecule is O=C(c1ccc(Cn2c3ccc(F)cc3c3[nH]ncc32)cc1)N1CCOCC1. The van der Waals surface area contributed by atoms with Crippen LogP contribution in [0.4, 0.5) is 4.39 Å². The molecule has 7 heteroatoms. The molecule has 2 aromatic carbocycles. The lowest BCUT2D eigenvalue weighted by Gasteiger charge is -2.26. The summed E-state index contributed by atoms with van der Waals surface area (Å²) in [6.45, 7) is 3.05. The van der Waals surface area contributed by atoms with Crippen molar-refractivity contribution in [2.24, 2.45) is 0 Å². The van der Waals surface area contributed by atoms with Gasteiger partial charge < -0.3 is 14.2 Å². The third-order valence-electron chi connectivity index (χ3n) is 5.27. The Bertz CT molecular complexity index is 1160. The lowest BCUT2D eigenvalue weighted by Crippen LogP contribution is -2.40. The first kappa shape index (κ1) is 16.9. The highest BCUT2D eigenvalue weighted by Gasteiger charge is 2.18. The van der Waals surface area contributed by atoms with Crippen molar-refractivity contribution in [3.8, 4) is 0 Å². The second-order valence-corrected chi connectivity index (χ2v) is 6.98. The van der Waals surface area contributed by atoms with Crippen molar-refractivity contribution in [2.75, 3.05) is 26.3 Å². The summed E-state index contributed by atoms with van der Waals surface area (Å²) in [5.74, 6) is -0.235. The van der Waals surface area contributed by atoms with Crippen LogP contribution in [0.2, 0.25) is 0 Å². The van der Waals surface area contributed by atoms with Crippen molar-refractivity contribution in [3.05, 3.63) is 65.6 Å². The molecule has 4 aromatic rings. The number of carbonyl (C=O) groups is 1. The van der Waals surface area contributed by atoms with Gasteiger partial charge in [0.25, 0.3) is 5.91 Å². The fraction of sp³-hybridized carbons (Fsp3) is 0.238. The number of ether oxygens (including phenoxy) is 1. The van der Waals surface area contributed by atoms with Crippen molar-refractivity contribution in [1.82, 2.24) is 19.7 Å². The summed E-state index contributed by atoms with van der Waals surface area (Å²) in [6.07, 6.45) is 1.75. The number of aromatic nitrogens is 3. The van der Waals surface area contributed by atoms with Crippen LogP contribution in [0.1, 0.15) is 15.9 Å². The number of fused-ring (bicyclic) bond motifs is 3. The predicted molar refractivity (Wildman–Crippen MR) is 104 cm³/mol. The maximum absolute atomic E-state index is 13.7. The van der Waals surface area contributed by atoms with Crippen molar-refractivity contribution in [3.63, 3.8) is 0 Å². The monoisotopic (exact) mass is 378 g/mol. The van der Waals surface area contributed by atoms with Gasteiger partial charge in [0.15, 0.2) is 0 Å². The number of H-pyrrole nitrogens is 1. The van der Waals surface area contributed by atoms with Crippen LogP contribution in [-0.4, -0.2) is 51.9 Å². The maximum atomic E-state index is 13.7. The molecule has 3 heterocycles. The molecule has 0 bridgehead atoms. The Hall–Kier alpha value is -3.19. The maximum Gasteiger partial charge on any atom is 0.254 e. The lowest BCUT2D eigenvalue weighted by atomic mass is 10.1. The number of carbonyl (C=O) groups excluding carboxylic acids is 1. The van der Waals surface area contributed by atoms with E-state index in [1.807, 2.05) is 29.2 Å². The van der Waals surface area contributed by atoms with Crippen LogP contribution >= 0.6 is 0 Å². The molecule has 1 amide bonds. The van der Waals surface area contributed by atoms with Crippen molar-refractivity contribution < 1.29 is 13.9 Å². The van der Waals surface area contributed by atoms with Gasteiger partial charge in [-0.1, -0.05) is 12.1 Å². The van der Waals surface area contributed by atoms with Crippen LogP contribution in [0.25, 0.3) is 21.9 Å². The number of morpholine rings is 1. The Morgan fingerprint density at radius 3 is 2.68 bits per heavy atom. The lowest BCUT2D eigenvalue weighted by molar-refractivity contribution is 0.0303. The molecule has 0 spiro atoms. The van der Waals surface area contributed by atoms with Crippen LogP contribution < -0.4 is 0 Å². The summed E-state index contributed by atoms with van der Waals surface area (Å²) in [5.41, 5.74) is 4.43. The molecule has 2 aromatic heterocycles. The standard InChI is InChI=1S/C21H19FN4O2/c22-16-5-6-18-17(11-16)20-19(12-23-24-20)26(18)13-14-1-3-15(4-2-14)21(27)25-7-9-28-10-8-25/h1-6,11-12H,7-10,13H2,(H,23,24). The van der Waals surface area contributed by atoms with Gasteiger partial charge in [-0.2, -0.15) is 5.10 Å². The van der Waals surface area contributed by atoms with E-state index >= 15 is 0 Å². The van der Waals surface area contributed by atoms with Gasteiger partial charge in [-0.3, -0.25) is 9.89 Å². The molecule has 1 N–H and O–H groups in total. The molecule has 1 aliphatic rings. The quantitative estimate of drug-likeness (QED) is 0.596. The van der Waals surface area contributed by atoms with E-state index in [9.17, 15) is 9.18 Å². The molecule has 1 fully saturated rings. The number of nitrogens with zero attached hydrogens (tertiary/aromatic N) is 3. The van der Waals surface area contributed by atoms with Crippen LogP contribution in [0, 0.1) is 5.82 Å². The number of amides is 1. The Morgan fingerprint density at radius 2 is 1.89 bits per heavy atom. The van der Waals surface area contributed by atoms with E-state index in [1.54, 1.807) is 12.3 Å². The molecular weight excluding hydrogens is 359 g/mol. The molecule has 0 atom stereocenters. The van der Waals surface area contributed by atoms with Crippen molar-refractivity contribution in [2.45, 2.75) is 6.54 Å². The molecule has 5 rings (SSSR count). The van der Waals surface area contributed by atoms with Crippen molar-refractivity contribution >= 4 is 27.8 Å². The first-order valence-corrected chi connectivity index (χ1v) is 9.27. The Kier molecular flexibility index (Phi) is 4.09. The summed E-state index contributed by atoms with van der Waals surface area (Å²) >= 11 is 0. The number of rotatable bonds is 3. The fourth-order valence-electron chi connectivity index (χ4n) is 3.81. The third-order valence-corrected chi connectivity index (χ3v) is 5.27. The molecule has 6 nitrogen and oxygen atoms in total. The molecule has 0 saturated carbocycles. The fourth-order valence-corrected chi connectivity index (χ4v) is 3.81. The van der Waals surface area contributed by atoms with E-state index in [4.69, 9.17) is 4.74 Å². The number of hydrogen-bond donors (Lipinski definition) is 1. The summed E-state index contributed by atoms with van der Waals surface area (Å²) in [6, 6.07) is 12.4. The summed E-state index contributed by atoms with van der Waals surface area (Å²) in [5, 5.41) is 7.87. The minimum Gasteiger partial charge on any atom is -0.378 e. The number of aromatic amines is 1. The van der Waals surface area contributed by atoms with Crippen LogP contribution in [-0.2, 0) is 11.3 Å². The zero-order valence-electron chi connectivity index (χ0n) is 15.2. The van der Waals surface area contributed by atoms with Gasteiger partial charge in [0.05, 0.1) is 36.0 Å². The second-order valence-electron chi connectivity index (χ2n) is 6.98. The highest BCUT2D eigenvalue weighted by atomic mass is 19.1. The first-order valence-electron chi connectivity index (χ1n) is 9.27. The van der Waals surface area contributed by atoms with E-state index in [-0.39, 0.29) is 11.7 Å². The van der Waals surface area contributed by atoms with Gasteiger partial charge in [-0.05, 0) is 35.9 Å². The van der Waals surface area contributed by atoms with E-state index in [2.05, 4.69) is 14.8 Å². The third kappa shape index (κ3) is 2.84. The largest absolute Gasteiger partial charge is 0.378 e. The summed E-state index contributed by atoms with van der Waals surface area (Å²) in [7, 11) is 0. The molecule has 0 unspecified atom stereocenters. The number of hydrogen-bond acceptors (Lipinski definition) is 3. The molecule has 0 radical (unpaired) electrons. The van der Waals surface area contributed by atoms with Crippen LogP contribution in [0.15, 0.2) is 48.7 Å². The molecular formula is C21H19FN4O2. The second kappa shape index (κ2) is 6.76. The topological polar surface area (TPSA) is 63.2 Å². The highest BCUT2D eigenvalue weighted by molar-refractivity contribution is 6.05. The number of halogens is 1. The molecule has 0 aliphatic carbocycles. The highest BCUT2D eigenvalue weighted by Crippen LogP contribution is 2.28. The minimum atomic E-state index is -0.271. The molecule has 1 aliphatic heterocycles. The average Bonchev–Trinajstić information content (AvgIpc) is 3.31. The van der Waals surface area contributed by atoms with E-state index in [0.29, 0.717) is 38.4 Å². The normalized spacial score (nSPS) is 14.8. The van der Waals surface area contributed by atoms with Gasteiger partial charge in [0.1, 0.15) is 5.82 Å². The average molecular weight is 378 g/mol. The first-order chi connectivity index (χ1) is 13.7. The van der Waals surface area contributed by atoms with Crippen molar-refractivity contribution in [1.29, 1.82) is 0 Å². The van der Waals surface area contributed by atoms with E-state index in [0.717, 1.165) is 27.5 Å². The summed E-state index contributed by atoms with van der Waals surface area (Å²) in [4.78, 5) is 14.4. The van der Waals surface area contributed by atoms with E-state index in [1.165, 1.54) is 12.1 Å². The smallest absolute Gasteiger partial charge is 0.254 e. The molecule has 1 saturated heterocycles. The predicted octanol–water partition coefficient (Wildman–Crippen LogP) is 3.18. The Labute approximate surface area is 160 Å². The van der Waals surface area contributed by atoms with Crippen LogP contribution in [0.5, 0.6) is 0 Å². The Morgan fingerprint density at radius 1 is 1.11 bits per heavy atom. The Balaban J connectivity index is 1.44. The zero-order chi connectivity index (χ0) is 19.1. The molecule has 142 valence electrons.